The van der Waals surface area contributed by atoms with Crippen molar-refractivity contribution in [2.75, 3.05) is 45.9 Å². The number of hydrogen-bond acceptors (Lipinski definition) is 5. The SMILES string of the molecule is O=C1CN(CCO)C(=NCCCOc2cccc(CN3CCCCC3)c2)N1. The molecule has 7 heteroatoms. The molecule has 27 heavy (non-hydrogen) atoms. The summed E-state index contributed by atoms with van der Waals surface area (Å²) in [7, 11) is 0. The van der Waals surface area contributed by atoms with Gasteiger partial charge in [-0.25, -0.2) is 0 Å². The molecule has 0 radical (unpaired) electrons. The number of amides is 1. The summed E-state index contributed by atoms with van der Waals surface area (Å²) >= 11 is 0. The molecule has 1 amide bonds. The lowest BCUT2D eigenvalue weighted by atomic mass is 10.1. The van der Waals surface area contributed by atoms with Gasteiger partial charge in [0.2, 0.25) is 11.9 Å². The van der Waals surface area contributed by atoms with Gasteiger partial charge in [0.1, 0.15) is 12.3 Å². The molecule has 0 unspecified atom stereocenters. The van der Waals surface area contributed by atoms with Gasteiger partial charge in [-0.3, -0.25) is 20.0 Å². The highest BCUT2D eigenvalue weighted by Gasteiger charge is 2.23. The van der Waals surface area contributed by atoms with Gasteiger partial charge < -0.3 is 14.7 Å². The standard InChI is InChI=1S/C20H30N4O3/c25-12-11-24-16-19(26)22-20(24)21-8-5-13-27-18-7-4-6-17(14-18)15-23-9-2-1-3-10-23/h4,6-7,14,25H,1-3,5,8-13,15-16H2,(H,21,22,26). The third-order valence-electron chi connectivity index (χ3n) is 4.84. The molecule has 0 atom stereocenters. The number of carbonyl (C=O) groups excluding carboxylic acids is 1. The van der Waals surface area contributed by atoms with Crippen LogP contribution in [-0.4, -0.2) is 72.7 Å². The van der Waals surface area contributed by atoms with Crippen LogP contribution in [-0.2, 0) is 11.3 Å². The molecule has 2 saturated heterocycles. The second-order valence-electron chi connectivity index (χ2n) is 7.08. The molecule has 3 rings (SSSR count). The first-order valence-electron chi connectivity index (χ1n) is 9.89. The number of aliphatic hydroxyl groups excluding tert-OH is 1. The van der Waals surface area contributed by atoms with E-state index in [0.29, 0.717) is 25.7 Å². The number of β-amino-alcohol motifs (C(OH)–C–C–N with tert-alkyl or cyclic N) is 1. The Balaban J connectivity index is 1.40. The summed E-state index contributed by atoms with van der Waals surface area (Å²) in [4.78, 5) is 20.1. The molecular weight excluding hydrogens is 344 g/mol. The average Bonchev–Trinajstić information content (AvgIpc) is 3.02. The maximum Gasteiger partial charge on any atom is 0.246 e. The van der Waals surface area contributed by atoms with Crippen molar-refractivity contribution in [2.45, 2.75) is 32.2 Å². The zero-order chi connectivity index (χ0) is 18.9. The second kappa shape index (κ2) is 10.3. The summed E-state index contributed by atoms with van der Waals surface area (Å²) in [5.74, 6) is 1.37. The van der Waals surface area contributed by atoms with Crippen molar-refractivity contribution in [3.8, 4) is 5.75 Å². The number of benzene rings is 1. The third-order valence-corrected chi connectivity index (χ3v) is 4.84. The summed E-state index contributed by atoms with van der Waals surface area (Å²) in [6.07, 6.45) is 4.72. The zero-order valence-corrected chi connectivity index (χ0v) is 15.9. The Morgan fingerprint density at radius 3 is 2.89 bits per heavy atom. The normalized spacial score (nSPS) is 19.5. The van der Waals surface area contributed by atoms with E-state index >= 15 is 0 Å². The Bertz CT molecular complexity index is 644. The number of aliphatic imine (C=N–C) groups is 1. The van der Waals surface area contributed by atoms with E-state index in [1.54, 1.807) is 4.90 Å². The van der Waals surface area contributed by atoms with E-state index in [1.165, 1.54) is 37.9 Å². The molecule has 2 aliphatic heterocycles. The number of nitrogens with zero attached hydrogens (tertiary/aromatic N) is 3. The topological polar surface area (TPSA) is 77.4 Å². The molecule has 0 aromatic heterocycles. The fourth-order valence-corrected chi connectivity index (χ4v) is 3.49. The van der Waals surface area contributed by atoms with E-state index in [2.05, 4.69) is 33.4 Å². The minimum atomic E-state index is -0.0797. The van der Waals surface area contributed by atoms with Gasteiger partial charge in [-0.05, 0) is 43.6 Å². The number of aliphatic hydroxyl groups is 1. The Hall–Kier alpha value is -2.12. The van der Waals surface area contributed by atoms with Gasteiger partial charge in [0, 0.05) is 26.1 Å². The summed E-state index contributed by atoms with van der Waals surface area (Å²) in [5.41, 5.74) is 1.29. The lowest BCUT2D eigenvalue weighted by Crippen LogP contribution is -2.32. The Kier molecular flexibility index (Phi) is 7.47. The van der Waals surface area contributed by atoms with Crippen LogP contribution in [0, 0.1) is 0 Å². The van der Waals surface area contributed by atoms with Gasteiger partial charge in [-0.15, -0.1) is 0 Å². The highest BCUT2D eigenvalue weighted by atomic mass is 16.5. The van der Waals surface area contributed by atoms with Crippen LogP contribution in [0.2, 0.25) is 0 Å². The van der Waals surface area contributed by atoms with Crippen molar-refractivity contribution in [1.82, 2.24) is 15.1 Å². The fraction of sp³-hybridized carbons (Fsp3) is 0.600. The van der Waals surface area contributed by atoms with Crippen molar-refractivity contribution >= 4 is 11.9 Å². The number of hydrogen-bond donors (Lipinski definition) is 2. The number of piperidine rings is 1. The molecule has 0 spiro atoms. The van der Waals surface area contributed by atoms with Crippen LogP contribution in [0.25, 0.3) is 0 Å². The molecule has 1 aromatic rings. The van der Waals surface area contributed by atoms with Crippen molar-refractivity contribution < 1.29 is 14.6 Å². The maximum atomic E-state index is 11.4. The number of ether oxygens (including phenoxy) is 1. The van der Waals surface area contributed by atoms with Gasteiger partial charge >= 0.3 is 0 Å². The molecular formula is C20H30N4O3. The predicted octanol–water partition coefficient (Wildman–Crippen LogP) is 1.22. The minimum Gasteiger partial charge on any atom is -0.494 e. The first-order valence-corrected chi connectivity index (χ1v) is 9.89. The number of carbonyl (C=O) groups is 1. The van der Waals surface area contributed by atoms with Crippen molar-refractivity contribution in [2.24, 2.45) is 4.99 Å². The smallest absolute Gasteiger partial charge is 0.246 e. The van der Waals surface area contributed by atoms with Crippen molar-refractivity contribution in [3.63, 3.8) is 0 Å². The number of likely N-dealkylation sites (tertiary alicyclic amines) is 1. The molecule has 2 N–H and O–H groups in total. The van der Waals surface area contributed by atoms with Gasteiger partial charge in [0.25, 0.3) is 0 Å². The van der Waals surface area contributed by atoms with E-state index in [4.69, 9.17) is 9.84 Å². The van der Waals surface area contributed by atoms with E-state index in [9.17, 15) is 4.79 Å². The second-order valence-corrected chi connectivity index (χ2v) is 7.08. The van der Waals surface area contributed by atoms with Crippen LogP contribution >= 0.6 is 0 Å². The van der Waals surface area contributed by atoms with Crippen LogP contribution in [0.3, 0.4) is 0 Å². The van der Waals surface area contributed by atoms with Crippen LogP contribution in [0.15, 0.2) is 29.3 Å². The third kappa shape index (κ3) is 6.22. The Labute approximate surface area is 161 Å². The molecule has 2 heterocycles. The Morgan fingerprint density at radius 1 is 1.22 bits per heavy atom. The zero-order valence-electron chi connectivity index (χ0n) is 15.9. The van der Waals surface area contributed by atoms with E-state index in [0.717, 1.165) is 18.7 Å². The van der Waals surface area contributed by atoms with Crippen LogP contribution in [0.4, 0.5) is 0 Å². The van der Waals surface area contributed by atoms with Gasteiger partial charge in [0.05, 0.1) is 13.2 Å². The van der Waals surface area contributed by atoms with Crippen LogP contribution in [0.1, 0.15) is 31.2 Å². The molecule has 2 fully saturated rings. The number of guanidine groups is 1. The van der Waals surface area contributed by atoms with Crippen molar-refractivity contribution in [3.05, 3.63) is 29.8 Å². The first-order chi connectivity index (χ1) is 13.2. The molecule has 0 saturated carbocycles. The maximum absolute atomic E-state index is 11.4. The van der Waals surface area contributed by atoms with Gasteiger partial charge in [-0.2, -0.15) is 0 Å². The van der Waals surface area contributed by atoms with Gasteiger partial charge in [0.15, 0.2) is 0 Å². The molecule has 148 valence electrons. The highest BCUT2D eigenvalue weighted by molar-refractivity contribution is 6.04. The minimum absolute atomic E-state index is 0.00482. The summed E-state index contributed by atoms with van der Waals surface area (Å²) in [5, 5.41) is 11.8. The Morgan fingerprint density at radius 2 is 2.07 bits per heavy atom. The van der Waals surface area contributed by atoms with Crippen molar-refractivity contribution in [1.29, 1.82) is 0 Å². The van der Waals surface area contributed by atoms with E-state index in [1.807, 2.05) is 6.07 Å². The molecule has 0 bridgehead atoms. The largest absolute Gasteiger partial charge is 0.494 e. The quantitative estimate of drug-likeness (QED) is 0.636. The average molecular weight is 374 g/mol. The number of rotatable bonds is 9. The molecule has 2 aliphatic rings. The molecule has 0 aliphatic carbocycles. The monoisotopic (exact) mass is 374 g/mol. The fourth-order valence-electron chi connectivity index (χ4n) is 3.49. The van der Waals surface area contributed by atoms with E-state index in [-0.39, 0.29) is 19.1 Å². The molecule has 1 aromatic carbocycles. The van der Waals surface area contributed by atoms with Crippen LogP contribution < -0.4 is 10.1 Å². The first kappa shape index (κ1) is 19.6. The lowest BCUT2D eigenvalue weighted by molar-refractivity contribution is -0.118. The predicted molar refractivity (Wildman–Crippen MR) is 105 cm³/mol. The van der Waals surface area contributed by atoms with E-state index < -0.39 is 0 Å². The number of nitrogens with one attached hydrogen (secondary N) is 1. The van der Waals surface area contributed by atoms with Crippen LogP contribution in [0.5, 0.6) is 5.75 Å². The molecule has 7 nitrogen and oxygen atoms in total. The highest BCUT2D eigenvalue weighted by Crippen LogP contribution is 2.17. The van der Waals surface area contributed by atoms with Gasteiger partial charge in [-0.1, -0.05) is 18.6 Å². The lowest BCUT2D eigenvalue weighted by Gasteiger charge is -2.26. The summed E-state index contributed by atoms with van der Waals surface area (Å²) < 4.78 is 5.87. The summed E-state index contributed by atoms with van der Waals surface area (Å²) in [6.45, 7) is 5.21. The summed E-state index contributed by atoms with van der Waals surface area (Å²) in [6, 6.07) is 8.33.